The number of benzene rings is 1. The number of rotatable bonds is 8. The zero-order chi connectivity index (χ0) is 15.8. The number of carbonyl (C=O) groups is 2. The van der Waals surface area contributed by atoms with Gasteiger partial charge in [0.2, 0.25) is 0 Å². The van der Waals surface area contributed by atoms with Gasteiger partial charge in [0.1, 0.15) is 0 Å². The predicted molar refractivity (Wildman–Crippen MR) is 77.9 cm³/mol. The van der Waals surface area contributed by atoms with Gasteiger partial charge in [0.25, 0.3) is 5.91 Å². The van der Waals surface area contributed by atoms with Gasteiger partial charge in [-0.1, -0.05) is 13.3 Å². The smallest absolute Gasteiger partial charge is 0.308 e. The van der Waals surface area contributed by atoms with E-state index in [-0.39, 0.29) is 12.5 Å². The Bertz CT molecular complexity index is 501. The number of amides is 1. The Balaban J connectivity index is 2.73. The minimum absolute atomic E-state index is 0.107. The van der Waals surface area contributed by atoms with Crippen LogP contribution in [0.3, 0.4) is 0 Å². The van der Waals surface area contributed by atoms with Gasteiger partial charge in [-0.25, -0.2) is 0 Å². The molecule has 1 rings (SSSR count). The first-order valence-electron chi connectivity index (χ1n) is 6.76. The molecule has 1 unspecified atom stereocenters. The molecule has 0 bridgehead atoms. The number of hydrogen-bond donors (Lipinski definition) is 2. The van der Waals surface area contributed by atoms with E-state index in [4.69, 9.17) is 14.6 Å². The third-order valence-corrected chi connectivity index (χ3v) is 3.14. The number of nitrogens with one attached hydrogen (secondary N) is 1. The summed E-state index contributed by atoms with van der Waals surface area (Å²) < 4.78 is 10.2. The van der Waals surface area contributed by atoms with E-state index in [2.05, 4.69) is 5.32 Å². The molecule has 1 aromatic rings. The Morgan fingerprint density at radius 2 is 1.90 bits per heavy atom. The Labute approximate surface area is 124 Å². The van der Waals surface area contributed by atoms with Gasteiger partial charge >= 0.3 is 5.97 Å². The molecular weight excluding hydrogens is 274 g/mol. The van der Waals surface area contributed by atoms with Gasteiger partial charge in [-0.15, -0.1) is 0 Å². The normalized spacial score (nSPS) is 11.6. The molecule has 1 atom stereocenters. The van der Waals surface area contributed by atoms with Crippen molar-refractivity contribution < 1.29 is 24.2 Å². The topological polar surface area (TPSA) is 84.9 Å². The molecule has 0 spiro atoms. The maximum Gasteiger partial charge on any atom is 0.308 e. The molecule has 0 aromatic heterocycles. The molecule has 21 heavy (non-hydrogen) atoms. The molecule has 1 aromatic carbocycles. The lowest BCUT2D eigenvalue weighted by Gasteiger charge is -2.13. The highest BCUT2D eigenvalue weighted by Crippen LogP contribution is 2.27. The molecule has 0 aliphatic heterocycles. The number of carbonyl (C=O) groups excluding carboxylic acids is 1. The van der Waals surface area contributed by atoms with Gasteiger partial charge in [0.15, 0.2) is 11.5 Å². The fourth-order valence-electron chi connectivity index (χ4n) is 1.96. The average molecular weight is 295 g/mol. The van der Waals surface area contributed by atoms with Crippen LogP contribution >= 0.6 is 0 Å². The summed E-state index contributed by atoms with van der Waals surface area (Å²) in [5, 5.41) is 11.7. The molecule has 0 fully saturated rings. The largest absolute Gasteiger partial charge is 0.493 e. The number of ether oxygens (including phenoxy) is 2. The maximum atomic E-state index is 12.0. The van der Waals surface area contributed by atoms with Crippen LogP contribution in [0.2, 0.25) is 0 Å². The second-order valence-electron chi connectivity index (χ2n) is 4.60. The number of carboxylic acid groups (broad SMARTS) is 1. The van der Waals surface area contributed by atoms with Crippen LogP contribution in [0.5, 0.6) is 11.5 Å². The van der Waals surface area contributed by atoms with Gasteiger partial charge in [0, 0.05) is 12.1 Å². The van der Waals surface area contributed by atoms with E-state index in [0.29, 0.717) is 23.5 Å². The first-order valence-corrected chi connectivity index (χ1v) is 6.76. The van der Waals surface area contributed by atoms with Crippen molar-refractivity contribution in [3.8, 4) is 11.5 Å². The van der Waals surface area contributed by atoms with Crippen molar-refractivity contribution in [3.05, 3.63) is 23.8 Å². The minimum Gasteiger partial charge on any atom is -0.493 e. The summed E-state index contributed by atoms with van der Waals surface area (Å²) in [6, 6.07) is 4.80. The van der Waals surface area contributed by atoms with Crippen LogP contribution in [-0.2, 0) is 4.79 Å². The van der Waals surface area contributed by atoms with E-state index >= 15 is 0 Å². The van der Waals surface area contributed by atoms with Gasteiger partial charge in [-0.2, -0.15) is 0 Å². The van der Waals surface area contributed by atoms with Crippen molar-refractivity contribution in [1.29, 1.82) is 0 Å². The van der Waals surface area contributed by atoms with Gasteiger partial charge in [0.05, 0.1) is 20.1 Å². The fourth-order valence-corrected chi connectivity index (χ4v) is 1.96. The van der Waals surface area contributed by atoms with Crippen LogP contribution in [-0.4, -0.2) is 37.7 Å². The molecule has 0 saturated carbocycles. The summed E-state index contributed by atoms with van der Waals surface area (Å²) in [6.45, 7) is 2.02. The lowest BCUT2D eigenvalue weighted by Crippen LogP contribution is -2.32. The summed E-state index contributed by atoms with van der Waals surface area (Å²) in [4.78, 5) is 23.1. The molecule has 6 nitrogen and oxygen atoms in total. The first-order chi connectivity index (χ1) is 10.0. The highest BCUT2D eigenvalue weighted by Gasteiger charge is 2.18. The van der Waals surface area contributed by atoms with E-state index in [1.807, 2.05) is 6.92 Å². The van der Waals surface area contributed by atoms with Crippen LogP contribution in [0.25, 0.3) is 0 Å². The fraction of sp³-hybridized carbons (Fsp3) is 0.467. The SMILES string of the molecule is CCCC(CNC(=O)c1ccc(OC)c(OC)c1)C(=O)O. The zero-order valence-corrected chi connectivity index (χ0v) is 12.5. The lowest BCUT2D eigenvalue weighted by molar-refractivity contribution is -0.141. The van der Waals surface area contributed by atoms with Crippen molar-refractivity contribution in [2.24, 2.45) is 5.92 Å². The quantitative estimate of drug-likeness (QED) is 0.765. The van der Waals surface area contributed by atoms with E-state index in [9.17, 15) is 9.59 Å². The Morgan fingerprint density at radius 1 is 1.24 bits per heavy atom. The van der Waals surface area contributed by atoms with E-state index in [1.54, 1.807) is 18.2 Å². The molecule has 2 N–H and O–H groups in total. The van der Waals surface area contributed by atoms with E-state index < -0.39 is 11.9 Å². The Kier molecular flexibility index (Phi) is 6.52. The van der Waals surface area contributed by atoms with Crippen LogP contribution < -0.4 is 14.8 Å². The molecule has 0 aliphatic carbocycles. The molecule has 1 amide bonds. The van der Waals surface area contributed by atoms with Gasteiger partial charge in [-0.05, 0) is 24.6 Å². The summed E-state index contributed by atoms with van der Waals surface area (Å²) in [7, 11) is 3.00. The highest BCUT2D eigenvalue weighted by molar-refractivity contribution is 5.95. The van der Waals surface area contributed by atoms with Crippen molar-refractivity contribution in [2.75, 3.05) is 20.8 Å². The van der Waals surface area contributed by atoms with Crippen molar-refractivity contribution >= 4 is 11.9 Å². The monoisotopic (exact) mass is 295 g/mol. The standard InChI is InChI=1S/C15H21NO5/c1-4-5-11(15(18)19)9-16-14(17)10-6-7-12(20-2)13(8-10)21-3/h6-8,11H,4-5,9H2,1-3H3,(H,16,17)(H,18,19). The molecule has 116 valence electrons. The number of carboxylic acids is 1. The number of aliphatic carboxylic acids is 1. The molecule has 0 radical (unpaired) electrons. The summed E-state index contributed by atoms with van der Waals surface area (Å²) in [5.41, 5.74) is 0.397. The summed E-state index contributed by atoms with van der Waals surface area (Å²) in [6.07, 6.45) is 1.28. The first kappa shape index (κ1) is 16.8. The van der Waals surface area contributed by atoms with Gasteiger partial charge < -0.3 is 19.9 Å². The predicted octanol–water partition coefficient (Wildman–Crippen LogP) is 1.93. The Morgan fingerprint density at radius 3 is 2.43 bits per heavy atom. The number of hydrogen-bond acceptors (Lipinski definition) is 4. The van der Waals surface area contributed by atoms with Crippen molar-refractivity contribution in [3.63, 3.8) is 0 Å². The van der Waals surface area contributed by atoms with Crippen molar-refractivity contribution in [2.45, 2.75) is 19.8 Å². The third kappa shape index (κ3) is 4.66. The highest BCUT2D eigenvalue weighted by atomic mass is 16.5. The molecule has 6 heteroatoms. The van der Waals surface area contributed by atoms with Crippen LogP contribution in [0.15, 0.2) is 18.2 Å². The lowest BCUT2D eigenvalue weighted by atomic mass is 10.0. The summed E-state index contributed by atoms with van der Waals surface area (Å²) >= 11 is 0. The van der Waals surface area contributed by atoms with Crippen LogP contribution in [0.4, 0.5) is 0 Å². The second-order valence-corrected chi connectivity index (χ2v) is 4.60. The minimum atomic E-state index is -0.899. The summed E-state index contributed by atoms with van der Waals surface area (Å²) in [5.74, 6) is -0.821. The Hall–Kier alpha value is -2.24. The van der Waals surface area contributed by atoms with E-state index in [1.165, 1.54) is 14.2 Å². The van der Waals surface area contributed by atoms with Crippen LogP contribution in [0, 0.1) is 5.92 Å². The molecule has 0 heterocycles. The molecule has 0 aliphatic rings. The van der Waals surface area contributed by atoms with E-state index in [0.717, 1.165) is 6.42 Å². The molecular formula is C15H21NO5. The maximum absolute atomic E-state index is 12.0. The number of methoxy groups -OCH3 is 2. The zero-order valence-electron chi connectivity index (χ0n) is 12.5. The average Bonchev–Trinajstić information content (AvgIpc) is 2.49. The second kappa shape index (κ2) is 8.14. The van der Waals surface area contributed by atoms with Crippen LogP contribution in [0.1, 0.15) is 30.1 Å². The third-order valence-electron chi connectivity index (χ3n) is 3.14. The van der Waals surface area contributed by atoms with Gasteiger partial charge in [-0.3, -0.25) is 9.59 Å². The van der Waals surface area contributed by atoms with Crippen molar-refractivity contribution in [1.82, 2.24) is 5.32 Å². The molecule has 0 saturated heterocycles.